The maximum absolute atomic E-state index is 11.9. The molecule has 0 aliphatic heterocycles. The van der Waals surface area contributed by atoms with Crippen molar-refractivity contribution in [3.8, 4) is 5.75 Å². The summed E-state index contributed by atoms with van der Waals surface area (Å²) in [4.78, 5) is 11.9. The number of nitrogens with one attached hydrogen (secondary N) is 2. The molecule has 0 aromatic heterocycles. The first-order valence-corrected chi connectivity index (χ1v) is 8.75. The van der Waals surface area contributed by atoms with Gasteiger partial charge >= 0.3 is 0 Å². The van der Waals surface area contributed by atoms with Gasteiger partial charge in [-0.1, -0.05) is 29.3 Å². The topological polar surface area (TPSA) is 50.4 Å². The third-order valence-electron chi connectivity index (χ3n) is 2.88. The zero-order valence-corrected chi connectivity index (χ0v) is 16.4. The number of carbonyl (C=O) groups is 1. The summed E-state index contributed by atoms with van der Waals surface area (Å²) in [7, 11) is 0. The van der Waals surface area contributed by atoms with Crippen LogP contribution in [0.3, 0.4) is 0 Å². The summed E-state index contributed by atoms with van der Waals surface area (Å²) in [6.07, 6.45) is 0. The summed E-state index contributed by atoms with van der Waals surface area (Å²) < 4.78 is 6.24. The summed E-state index contributed by atoms with van der Waals surface area (Å²) in [5.74, 6) is 0.208. The highest BCUT2D eigenvalue weighted by atomic mass is 79.9. The van der Waals surface area contributed by atoms with Crippen LogP contribution < -0.4 is 15.4 Å². The average Bonchev–Trinajstić information content (AvgIpc) is 2.50. The van der Waals surface area contributed by atoms with Gasteiger partial charge in [-0.25, -0.2) is 0 Å². The Bertz CT molecular complexity index is 787. The third kappa shape index (κ3) is 5.63. The van der Waals surface area contributed by atoms with Crippen LogP contribution >= 0.6 is 51.3 Å². The zero-order valence-electron chi connectivity index (χ0n) is 12.5. The number of hydrogen-bond donors (Lipinski definition) is 2. The fourth-order valence-corrected chi connectivity index (χ4v) is 2.90. The first kappa shape index (κ1) is 19.0. The van der Waals surface area contributed by atoms with E-state index in [4.69, 9.17) is 40.2 Å². The zero-order chi connectivity index (χ0) is 17.7. The molecule has 0 unspecified atom stereocenters. The molecule has 0 saturated heterocycles. The predicted molar refractivity (Wildman–Crippen MR) is 105 cm³/mol. The number of amides is 1. The van der Waals surface area contributed by atoms with Crippen LogP contribution in [0.4, 0.5) is 5.69 Å². The maximum atomic E-state index is 11.9. The van der Waals surface area contributed by atoms with E-state index in [0.717, 1.165) is 10.0 Å². The van der Waals surface area contributed by atoms with Crippen molar-refractivity contribution in [2.24, 2.45) is 0 Å². The SMILES string of the molecule is Cc1ccc(OCC(=O)NC(=S)Nc2ccc(Cl)c(Cl)c2)c(Br)c1. The van der Waals surface area contributed by atoms with Gasteiger partial charge in [-0.05, 0) is 71.0 Å². The molecule has 2 aromatic carbocycles. The van der Waals surface area contributed by atoms with Gasteiger partial charge in [0, 0.05) is 5.69 Å². The first-order valence-electron chi connectivity index (χ1n) is 6.80. The molecule has 1 amide bonds. The van der Waals surface area contributed by atoms with Crippen molar-refractivity contribution in [3.05, 3.63) is 56.5 Å². The second-order valence-corrected chi connectivity index (χ2v) is 6.93. The number of hydrogen-bond acceptors (Lipinski definition) is 3. The molecule has 0 atom stereocenters. The van der Waals surface area contributed by atoms with E-state index in [0.29, 0.717) is 21.5 Å². The number of anilines is 1. The fourth-order valence-electron chi connectivity index (χ4n) is 1.77. The summed E-state index contributed by atoms with van der Waals surface area (Å²) in [5.41, 5.74) is 1.71. The van der Waals surface area contributed by atoms with E-state index in [1.54, 1.807) is 24.3 Å². The van der Waals surface area contributed by atoms with Crippen molar-refractivity contribution in [1.82, 2.24) is 5.32 Å². The standard InChI is InChI=1S/C16H13BrCl2N2O2S/c1-9-2-5-14(11(17)6-9)23-8-15(22)21-16(24)20-10-3-4-12(18)13(19)7-10/h2-7H,8H2,1H3,(H2,20,21,22,24). The van der Waals surface area contributed by atoms with Crippen molar-refractivity contribution in [3.63, 3.8) is 0 Å². The Labute approximate surface area is 163 Å². The number of halogens is 3. The number of thiocarbonyl (C=S) groups is 1. The molecule has 0 spiro atoms. The van der Waals surface area contributed by atoms with Crippen LogP contribution in [0.25, 0.3) is 0 Å². The molecule has 0 fully saturated rings. The molecular weight excluding hydrogens is 435 g/mol. The van der Waals surface area contributed by atoms with Crippen molar-refractivity contribution in [2.45, 2.75) is 6.92 Å². The van der Waals surface area contributed by atoms with Gasteiger partial charge in [-0.15, -0.1) is 0 Å². The molecular formula is C16H13BrCl2N2O2S. The molecule has 0 aliphatic rings. The molecule has 126 valence electrons. The van der Waals surface area contributed by atoms with Crippen molar-refractivity contribution in [1.29, 1.82) is 0 Å². The van der Waals surface area contributed by atoms with Crippen LogP contribution in [0, 0.1) is 6.92 Å². The Morgan fingerprint density at radius 3 is 2.62 bits per heavy atom. The third-order valence-corrected chi connectivity index (χ3v) is 4.44. The Morgan fingerprint density at radius 1 is 1.21 bits per heavy atom. The molecule has 0 bridgehead atoms. The van der Waals surface area contributed by atoms with Gasteiger partial charge in [0.15, 0.2) is 11.7 Å². The molecule has 4 nitrogen and oxygen atoms in total. The van der Waals surface area contributed by atoms with Crippen molar-refractivity contribution in [2.75, 3.05) is 11.9 Å². The normalized spacial score (nSPS) is 10.2. The van der Waals surface area contributed by atoms with Gasteiger partial charge in [0.1, 0.15) is 5.75 Å². The lowest BCUT2D eigenvalue weighted by molar-refractivity contribution is -0.121. The van der Waals surface area contributed by atoms with E-state index in [1.165, 1.54) is 0 Å². The van der Waals surface area contributed by atoms with E-state index in [-0.39, 0.29) is 17.6 Å². The molecule has 0 heterocycles. The van der Waals surface area contributed by atoms with Crippen LogP contribution in [0.15, 0.2) is 40.9 Å². The summed E-state index contributed by atoms with van der Waals surface area (Å²) in [5, 5.41) is 6.35. The minimum absolute atomic E-state index is 0.143. The van der Waals surface area contributed by atoms with Gasteiger partial charge in [-0.2, -0.15) is 0 Å². The largest absolute Gasteiger partial charge is 0.483 e. The van der Waals surface area contributed by atoms with Gasteiger partial charge in [0.25, 0.3) is 5.91 Å². The van der Waals surface area contributed by atoms with Crippen LogP contribution in [-0.2, 0) is 4.79 Å². The number of aryl methyl sites for hydroxylation is 1. The summed E-state index contributed by atoms with van der Waals surface area (Å²) in [6, 6.07) is 10.5. The smallest absolute Gasteiger partial charge is 0.264 e. The Morgan fingerprint density at radius 2 is 1.96 bits per heavy atom. The minimum Gasteiger partial charge on any atom is -0.483 e. The number of benzene rings is 2. The van der Waals surface area contributed by atoms with E-state index >= 15 is 0 Å². The molecule has 0 radical (unpaired) electrons. The lowest BCUT2D eigenvalue weighted by Gasteiger charge is -2.11. The predicted octanol–water partition coefficient (Wildman–Crippen LogP) is 4.96. The Hall–Kier alpha value is -1.34. The number of carbonyl (C=O) groups excluding carboxylic acids is 1. The van der Waals surface area contributed by atoms with Gasteiger partial charge in [0.05, 0.1) is 14.5 Å². The second-order valence-electron chi connectivity index (χ2n) is 4.85. The molecule has 0 aliphatic carbocycles. The molecule has 2 N–H and O–H groups in total. The van der Waals surface area contributed by atoms with Crippen LogP contribution in [-0.4, -0.2) is 17.6 Å². The van der Waals surface area contributed by atoms with Crippen LogP contribution in [0.5, 0.6) is 5.75 Å². The van der Waals surface area contributed by atoms with Crippen molar-refractivity contribution < 1.29 is 9.53 Å². The summed E-state index contributed by atoms with van der Waals surface area (Å²) >= 11 is 20.2. The Kier molecular flexibility index (Phi) is 6.86. The van der Waals surface area contributed by atoms with Gasteiger partial charge in [0.2, 0.25) is 0 Å². The maximum Gasteiger partial charge on any atom is 0.264 e. The quantitative estimate of drug-likeness (QED) is 0.650. The number of rotatable bonds is 4. The van der Waals surface area contributed by atoms with E-state index in [9.17, 15) is 4.79 Å². The molecule has 2 aromatic rings. The molecule has 0 saturated carbocycles. The van der Waals surface area contributed by atoms with E-state index < -0.39 is 0 Å². The van der Waals surface area contributed by atoms with E-state index in [2.05, 4.69) is 26.6 Å². The lowest BCUT2D eigenvalue weighted by atomic mass is 10.2. The van der Waals surface area contributed by atoms with Gasteiger partial charge in [-0.3, -0.25) is 10.1 Å². The highest BCUT2D eigenvalue weighted by molar-refractivity contribution is 9.10. The second kappa shape index (κ2) is 8.67. The van der Waals surface area contributed by atoms with Crippen LogP contribution in [0.1, 0.15) is 5.56 Å². The van der Waals surface area contributed by atoms with Gasteiger partial charge < -0.3 is 10.1 Å². The highest BCUT2D eigenvalue weighted by Gasteiger charge is 2.08. The van der Waals surface area contributed by atoms with Crippen molar-refractivity contribution >= 4 is 68.1 Å². The monoisotopic (exact) mass is 446 g/mol. The first-order chi connectivity index (χ1) is 11.3. The molecule has 2 rings (SSSR count). The number of ether oxygens (including phenoxy) is 1. The molecule has 8 heteroatoms. The molecule has 24 heavy (non-hydrogen) atoms. The minimum atomic E-state index is -0.375. The fraction of sp³-hybridized carbons (Fsp3) is 0.125. The average molecular weight is 448 g/mol. The summed E-state index contributed by atoms with van der Waals surface area (Å²) in [6.45, 7) is 1.80. The lowest BCUT2D eigenvalue weighted by Crippen LogP contribution is -2.37. The highest BCUT2D eigenvalue weighted by Crippen LogP contribution is 2.26. The van der Waals surface area contributed by atoms with Crippen LogP contribution in [0.2, 0.25) is 10.0 Å². The Balaban J connectivity index is 1.85. The van der Waals surface area contributed by atoms with E-state index in [1.807, 2.05) is 19.1 Å².